The number of carbonyl (C=O) groups excluding carboxylic acids is 3. The monoisotopic (exact) mass is 546 g/mol. The minimum absolute atomic E-state index is 0.160. The second-order valence-corrected chi connectivity index (χ2v) is 11.9. The number of thioether (sulfide) groups is 1. The molecule has 1 heterocycles. The number of ether oxygens (including phenoxy) is 3. The zero-order valence-corrected chi connectivity index (χ0v) is 24.6. The van der Waals surface area contributed by atoms with Crippen LogP contribution in [-0.2, 0) is 14.3 Å². The summed E-state index contributed by atoms with van der Waals surface area (Å²) in [6.07, 6.45) is -0.329. The van der Waals surface area contributed by atoms with Gasteiger partial charge in [0.25, 0.3) is 0 Å². The molecule has 2 aromatic carbocycles. The minimum atomic E-state index is -0.721. The maximum atomic E-state index is 11.5. The van der Waals surface area contributed by atoms with Crippen molar-refractivity contribution in [1.82, 2.24) is 10.2 Å². The van der Waals surface area contributed by atoms with Crippen LogP contribution in [-0.4, -0.2) is 58.8 Å². The molecule has 2 aromatic rings. The summed E-state index contributed by atoms with van der Waals surface area (Å²) >= 11 is 1.73. The lowest BCUT2D eigenvalue weighted by Crippen LogP contribution is -2.41. The van der Waals surface area contributed by atoms with Crippen LogP contribution < -0.4 is 10.1 Å². The van der Waals surface area contributed by atoms with Gasteiger partial charge in [-0.1, -0.05) is 36.4 Å². The first-order valence-electron chi connectivity index (χ1n) is 12.5. The first-order valence-corrected chi connectivity index (χ1v) is 13.6. The standard InChI is InChI=1S/C12H10O.C11H21NO4.C6H11NOS/c1-3-7-11(8-4-1)13-12-9-5-2-6-10-12;1-10(2,3)15-8(13)12(7)9(14)16-11(4,5)6;1-5-6(8)7-3-2-4-9-5/h1-10H;1-7H3;5H,2-4H2,1H3,(H,7,8). The van der Waals surface area contributed by atoms with E-state index >= 15 is 0 Å². The zero-order chi connectivity index (χ0) is 28.8. The van der Waals surface area contributed by atoms with E-state index in [4.69, 9.17) is 14.2 Å². The van der Waals surface area contributed by atoms with Crippen molar-refractivity contribution in [3.8, 4) is 11.5 Å². The Kier molecular flexibility index (Phi) is 13.7. The van der Waals surface area contributed by atoms with E-state index in [-0.39, 0.29) is 11.2 Å². The molecule has 1 N–H and O–H groups in total. The van der Waals surface area contributed by atoms with Crippen molar-refractivity contribution in [3.05, 3.63) is 60.7 Å². The Balaban J connectivity index is 0.000000295. The van der Waals surface area contributed by atoms with Crippen LogP contribution >= 0.6 is 11.8 Å². The number of nitrogens with zero attached hydrogens (tertiary/aromatic N) is 1. The molecule has 0 bridgehead atoms. The first kappa shape index (κ1) is 32.8. The first-order chi connectivity index (χ1) is 17.7. The molecule has 210 valence electrons. The van der Waals surface area contributed by atoms with Gasteiger partial charge in [-0.2, -0.15) is 0 Å². The Morgan fingerprint density at radius 1 is 0.842 bits per heavy atom. The van der Waals surface area contributed by atoms with Crippen molar-refractivity contribution >= 4 is 29.9 Å². The second kappa shape index (κ2) is 15.9. The van der Waals surface area contributed by atoms with Crippen molar-refractivity contribution in [2.45, 2.75) is 71.3 Å². The van der Waals surface area contributed by atoms with Gasteiger partial charge in [0, 0.05) is 13.6 Å². The molecule has 1 unspecified atom stereocenters. The number of hydrogen-bond donors (Lipinski definition) is 1. The Morgan fingerprint density at radius 2 is 1.26 bits per heavy atom. The van der Waals surface area contributed by atoms with Crippen molar-refractivity contribution in [2.24, 2.45) is 0 Å². The Hall–Kier alpha value is -3.20. The van der Waals surface area contributed by atoms with Gasteiger partial charge in [-0.25, -0.2) is 14.5 Å². The fourth-order valence-corrected chi connectivity index (χ4v) is 3.51. The zero-order valence-electron chi connectivity index (χ0n) is 23.8. The highest BCUT2D eigenvalue weighted by Gasteiger charge is 2.27. The van der Waals surface area contributed by atoms with Crippen molar-refractivity contribution in [1.29, 1.82) is 0 Å². The van der Waals surface area contributed by atoms with Crippen LogP contribution in [0.4, 0.5) is 9.59 Å². The summed E-state index contributed by atoms with van der Waals surface area (Å²) in [5, 5.41) is 2.99. The Bertz CT molecular complexity index is 922. The van der Waals surface area contributed by atoms with E-state index in [9.17, 15) is 14.4 Å². The third-order valence-corrected chi connectivity index (χ3v) is 5.65. The van der Waals surface area contributed by atoms with E-state index in [0.29, 0.717) is 0 Å². The van der Waals surface area contributed by atoms with Gasteiger partial charge in [0.15, 0.2) is 0 Å². The highest BCUT2D eigenvalue weighted by molar-refractivity contribution is 8.00. The number of benzene rings is 2. The topological polar surface area (TPSA) is 94.2 Å². The Morgan fingerprint density at radius 3 is 1.66 bits per heavy atom. The summed E-state index contributed by atoms with van der Waals surface area (Å²) in [7, 11) is 1.32. The summed E-state index contributed by atoms with van der Waals surface area (Å²) in [6.45, 7) is 13.2. The number of amides is 3. The van der Waals surface area contributed by atoms with Crippen molar-refractivity contribution < 1.29 is 28.6 Å². The summed E-state index contributed by atoms with van der Waals surface area (Å²) in [5.41, 5.74) is -1.26. The van der Waals surface area contributed by atoms with Gasteiger partial charge in [0.05, 0.1) is 5.25 Å². The van der Waals surface area contributed by atoms with Crippen LogP contribution in [0.2, 0.25) is 0 Å². The maximum absolute atomic E-state index is 11.5. The molecule has 0 aliphatic carbocycles. The third kappa shape index (κ3) is 15.1. The molecule has 1 atom stereocenters. The van der Waals surface area contributed by atoms with Crippen molar-refractivity contribution in [2.75, 3.05) is 19.3 Å². The number of imide groups is 1. The summed E-state index contributed by atoms with van der Waals surface area (Å²) in [4.78, 5) is 34.7. The predicted molar refractivity (Wildman–Crippen MR) is 153 cm³/mol. The third-order valence-electron chi connectivity index (χ3n) is 4.41. The molecule has 0 spiro atoms. The fraction of sp³-hybridized carbons (Fsp3) is 0.483. The van der Waals surface area contributed by atoms with Gasteiger partial charge < -0.3 is 19.5 Å². The average Bonchev–Trinajstić information content (AvgIpc) is 3.01. The van der Waals surface area contributed by atoms with Crippen LogP contribution in [0.15, 0.2) is 60.7 Å². The number of carbonyl (C=O) groups is 3. The highest BCUT2D eigenvalue weighted by atomic mass is 32.2. The summed E-state index contributed by atoms with van der Waals surface area (Å²) < 4.78 is 15.6. The van der Waals surface area contributed by atoms with Crippen LogP contribution in [0.5, 0.6) is 11.5 Å². The largest absolute Gasteiger partial charge is 0.457 e. The second-order valence-electron chi connectivity index (χ2n) is 10.4. The maximum Gasteiger partial charge on any atom is 0.419 e. The van der Waals surface area contributed by atoms with E-state index in [1.165, 1.54) is 7.05 Å². The van der Waals surface area contributed by atoms with Crippen LogP contribution in [0.3, 0.4) is 0 Å². The smallest absolute Gasteiger partial charge is 0.419 e. The normalized spacial score (nSPS) is 15.2. The molecule has 8 nitrogen and oxygen atoms in total. The Labute approximate surface area is 231 Å². The van der Waals surface area contributed by atoms with Crippen LogP contribution in [0.1, 0.15) is 54.9 Å². The van der Waals surface area contributed by atoms with Gasteiger partial charge in [0.1, 0.15) is 22.7 Å². The molecular formula is C29H42N2O6S. The molecule has 9 heteroatoms. The lowest BCUT2D eigenvalue weighted by molar-refractivity contribution is -0.120. The van der Waals surface area contributed by atoms with E-state index in [2.05, 4.69) is 5.32 Å². The lowest BCUT2D eigenvalue weighted by atomic mass is 10.2. The predicted octanol–water partition coefficient (Wildman–Crippen LogP) is 6.90. The van der Waals surface area contributed by atoms with Gasteiger partial charge in [0.2, 0.25) is 5.91 Å². The highest BCUT2D eigenvalue weighted by Crippen LogP contribution is 2.19. The molecule has 38 heavy (non-hydrogen) atoms. The SMILES string of the molecule is CC1SCCCNC1=O.CN(C(=O)OC(C)(C)C)C(=O)OC(C)(C)C.c1ccc(Oc2ccccc2)cc1. The lowest BCUT2D eigenvalue weighted by Gasteiger charge is -2.26. The fourth-order valence-electron chi connectivity index (χ4n) is 2.61. The number of nitrogens with one attached hydrogen (secondary N) is 1. The van der Waals surface area contributed by atoms with Gasteiger partial charge in [-0.05, 0) is 84.9 Å². The molecule has 1 saturated heterocycles. The quantitative estimate of drug-likeness (QED) is 0.438. The number of hydrogen-bond acceptors (Lipinski definition) is 7. The van der Waals surface area contributed by atoms with E-state index in [1.54, 1.807) is 53.3 Å². The average molecular weight is 547 g/mol. The van der Waals surface area contributed by atoms with Gasteiger partial charge >= 0.3 is 12.2 Å². The molecule has 3 rings (SSSR count). The van der Waals surface area contributed by atoms with E-state index < -0.39 is 23.4 Å². The number of rotatable bonds is 2. The molecule has 0 aromatic heterocycles. The summed E-state index contributed by atoms with van der Waals surface area (Å²) in [5.74, 6) is 3.04. The summed E-state index contributed by atoms with van der Waals surface area (Å²) in [6, 6.07) is 19.5. The number of para-hydroxylation sites is 2. The van der Waals surface area contributed by atoms with Gasteiger partial charge in [-0.15, -0.1) is 11.8 Å². The molecule has 1 aliphatic heterocycles. The molecule has 1 fully saturated rings. The van der Waals surface area contributed by atoms with Crippen molar-refractivity contribution in [3.63, 3.8) is 0 Å². The molecular weight excluding hydrogens is 504 g/mol. The molecule has 0 saturated carbocycles. The molecule has 1 aliphatic rings. The van der Waals surface area contributed by atoms with Crippen LogP contribution in [0, 0.1) is 0 Å². The van der Waals surface area contributed by atoms with Gasteiger partial charge in [-0.3, -0.25) is 4.79 Å². The minimum Gasteiger partial charge on any atom is -0.457 e. The van der Waals surface area contributed by atoms with Crippen LogP contribution in [0.25, 0.3) is 0 Å². The molecule has 0 radical (unpaired) electrons. The van der Waals surface area contributed by atoms with E-state index in [1.807, 2.05) is 67.6 Å². The molecule has 3 amide bonds. The van der Waals surface area contributed by atoms with E-state index in [0.717, 1.165) is 35.1 Å².